The molecule has 0 bridgehead atoms. The van der Waals surface area contributed by atoms with Gasteiger partial charge in [-0.2, -0.15) is 0 Å². The van der Waals surface area contributed by atoms with Gasteiger partial charge in [-0.05, 0) is 18.4 Å². The predicted octanol–water partition coefficient (Wildman–Crippen LogP) is 3.02. The third-order valence-corrected chi connectivity index (χ3v) is 4.54. The van der Waals surface area contributed by atoms with Crippen molar-refractivity contribution in [3.8, 4) is 11.5 Å². The Morgan fingerprint density at radius 3 is 2.69 bits per heavy atom. The lowest BCUT2D eigenvalue weighted by atomic mass is 10.0. The van der Waals surface area contributed by atoms with Gasteiger partial charge in [-0.15, -0.1) is 0 Å². The minimum absolute atomic E-state index is 0.0445. The number of hydrogen-bond acceptors (Lipinski definition) is 6. The molecule has 1 aliphatic rings. The summed E-state index contributed by atoms with van der Waals surface area (Å²) in [5.41, 5.74) is 0.333. The largest absolute Gasteiger partial charge is 0.488 e. The number of benzene rings is 1. The zero-order valence-corrected chi connectivity index (χ0v) is 16.5. The lowest BCUT2D eigenvalue weighted by Crippen LogP contribution is -2.48. The number of anilines is 1. The van der Waals surface area contributed by atoms with Crippen LogP contribution in [0.1, 0.15) is 32.9 Å². The molecule has 1 aromatic carbocycles. The molecule has 0 saturated carbocycles. The minimum Gasteiger partial charge on any atom is -0.488 e. The van der Waals surface area contributed by atoms with Gasteiger partial charge in [0.25, 0.3) is 11.6 Å². The number of H-pyrrole nitrogens is 1. The van der Waals surface area contributed by atoms with Crippen LogP contribution in [0.25, 0.3) is 0 Å². The van der Waals surface area contributed by atoms with Crippen LogP contribution < -0.4 is 19.8 Å². The molecule has 9 heteroatoms. The van der Waals surface area contributed by atoms with Gasteiger partial charge in [-0.3, -0.25) is 24.6 Å². The Labute approximate surface area is 167 Å². The number of nitro benzene ring substituents is 1. The predicted molar refractivity (Wildman–Crippen MR) is 106 cm³/mol. The molecule has 0 fully saturated rings. The molecular formula is C20H23N3O6. The van der Waals surface area contributed by atoms with E-state index in [1.54, 1.807) is 0 Å². The lowest BCUT2D eigenvalue weighted by Gasteiger charge is -2.35. The number of non-ortho nitro benzene ring substituents is 1. The molecule has 0 saturated heterocycles. The summed E-state index contributed by atoms with van der Waals surface area (Å²) in [4.78, 5) is 40.3. The number of aromatic nitrogens is 1. The van der Waals surface area contributed by atoms with Crippen LogP contribution in [0.3, 0.4) is 0 Å². The standard InChI is InChI=1S/C20H23N3O6/c1-4-7-28-18-10-21-13(8-16(18)24)11-22-15-9-14(23(26)27)5-6-17(15)29-19(12(2)3)20(22)25/h5-6,8-10,12,19H,4,7,11H2,1-3H3,(H,21,24). The van der Waals surface area contributed by atoms with Gasteiger partial charge in [0.05, 0.1) is 23.8 Å². The Balaban J connectivity index is 1.97. The molecule has 0 aliphatic carbocycles. The van der Waals surface area contributed by atoms with E-state index in [1.165, 1.54) is 35.4 Å². The first kappa shape index (κ1) is 20.4. The summed E-state index contributed by atoms with van der Waals surface area (Å²) in [6, 6.07) is 5.51. The van der Waals surface area contributed by atoms with Gasteiger partial charge in [0.1, 0.15) is 5.75 Å². The maximum atomic E-state index is 13.0. The van der Waals surface area contributed by atoms with E-state index in [2.05, 4.69) is 4.98 Å². The van der Waals surface area contributed by atoms with E-state index in [0.717, 1.165) is 6.42 Å². The third kappa shape index (κ3) is 4.23. The Morgan fingerprint density at radius 1 is 1.31 bits per heavy atom. The summed E-state index contributed by atoms with van der Waals surface area (Å²) in [7, 11) is 0. The highest BCUT2D eigenvalue weighted by Crippen LogP contribution is 2.38. The van der Waals surface area contributed by atoms with Crippen molar-refractivity contribution in [2.24, 2.45) is 5.92 Å². The van der Waals surface area contributed by atoms with Crippen molar-refractivity contribution in [1.82, 2.24) is 4.98 Å². The van der Waals surface area contributed by atoms with Gasteiger partial charge in [-0.25, -0.2) is 0 Å². The molecule has 1 amide bonds. The van der Waals surface area contributed by atoms with Crippen molar-refractivity contribution >= 4 is 17.3 Å². The van der Waals surface area contributed by atoms with Crippen LogP contribution in [0, 0.1) is 16.0 Å². The molecular weight excluding hydrogens is 378 g/mol. The quantitative estimate of drug-likeness (QED) is 0.563. The topological polar surface area (TPSA) is 115 Å². The number of rotatable bonds is 7. The number of carbonyl (C=O) groups excluding carboxylic acids is 1. The van der Waals surface area contributed by atoms with Crippen LogP contribution in [0.5, 0.6) is 11.5 Å². The normalized spacial score (nSPS) is 15.8. The van der Waals surface area contributed by atoms with Gasteiger partial charge in [0.15, 0.2) is 11.9 Å². The fourth-order valence-electron chi connectivity index (χ4n) is 3.06. The third-order valence-electron chi connectivity index (χ3n) is 4.54. The number of ether oxygens (including phenoxy) is 2. The van der Waals surface area contributed by atoms with Crippen LogP contribution in [0.2, 0.25) is 0 Å². The van der Waals surface area contributed by atoms with E-state index < -0.39 is 11.0 Å². The fourth-order valence-corrected chi connectivity index (χ4v) is 3.06. The second kappa shape index (κ2) is 8.34. The second-order valence-corrected chi connectivity index (χ2v) is 7.15. The van der Waals surface area contributed by atoms with Crippen LogP contribution in [-0.4, -0.2) is 28.5 Å². The zero-order valence-electron chi connectivity index (χ0n) is 16.5. The van der Waals surface area contributed by atoms with Crippen molar-refractivity contribution in [3.63, 3.8) is 0 Å². The van der Waals surface area contributed by atoms with Gasteiger partial charge >= 0.3 is 0 Å². The van der Waals surface area contributed by atoms with Crippen molar-refractivity contribution in [2.75, 3.05) is 11.5 Å². The molecule has 2 aromatic rings. The number of pyridine rings is 1. The molecule has 2 heterocycles. The minimum atomic E-state index is -0.720. The van der Waals surface area contributed by atoms with Crippen molar-refractivity contribution in [2.45, 2.75) is 39.8 Å². The Kier molecular flexibility index (Phi) is 5.86. The average molecular weight is 401 g/mol. The Morgan fingerprint density at radius 2 is 2.07 bits per heavy atom. The van der Waals surface area contributed by atoms with Crippen LogP contribution >= 0.6 is 0 Å². The van der Waals surface area contributed by atoms with Crippen molar-refractivity contribution in [1.29, 1.82) is 0 Å². The maximum Gasteiger partial charge on any atom is 0.271 e. The van der Waals surface area contributed by atoms with Crippen LogP contribution in [0.15, 0.2) is 35.3 Å². The number of nitro groups is 1. The Bertz CT molecular complexity index is 984. The summed E-state index contributed by atoms with van der Waals surface area (Å²) in [5, 5.41) is 11.2. The first-order valence-electron chi connectivity index (χ1n) is 9.42. The molecule has 1 unspecified atom stereocenters. The maximum absolute atomic E-state index is 13.0. The van der Waals surface area contributed by atoms with Gasteiger partial charge in [0.2, 0.25) is 5.43 Å². The van der Waals surface area contributed by atoms with Gasteiger partial charge in [0, 0.05) is 30.1 Å². The van der Waals surface area contributed by atoms with Gasteiger partial charge < -0.3 is 14.5 Å². The zero-order chi connectivity index (χ0) is 21.1. The summed E-state index contributed by atoms with van der Waals surface area (Å²) < 4.78 is 11.2. The van der Waals surface area contributed by atoms with E-state index in [4.69, 9.17) is 9.47 Å². The second-order valence-electron chi connectivity index (χ2n) is 7.15. The molecule has 154 valence electrons. The number of fused-ring (bicyclic) bond motifs is 1. The molecule has 0 radical (unpaired) electrons. The average Bonchev–Trinajstić information content (AvgIpc) is 2.68. The molecule has 0 spiro atoms. The number of hydrogen-bond donors (Lipinski definition) is 1. The highest BCUT2D eigenvalue weighted by Gasteiger charge is 2.37. The molecule has 1 N–H and O–H groups in total. The number of nitrogens with zero attached hydrogens (tertiary/aromatic N) is 2. The molecule has 1 atom stereocenters. The fraction of sp³-hybridized carbons (Fsp3) is 0.400. The van der Waals surface area contributed by atoms with E-state index in [1.807, 2.05) is 20.8 Å². The lowest BCUT2D eigenvalue weighted by molar-refractivity contribution is -0.384. The summed E-state index contributed by atoms with van der Waals surface area (Å²) in [6.07, 6.45) is 1.52. The van der Waals surface area contributed by atoms with Crippen molar-refractivity contribution in [3.05, 3.63) is 56.5 Å². The first-order chi connectivity index (χ1) is 13.8. The number of amides is 1. The molecule has 1 aliphatic heterocycles. The highest BCUT2D eigenvalue weighted by molar-refractivity contribution is 6.00. The summed E-state index contributed by atoms with van der Waals surface area (Å²) in [6.45, 7) is 6.13. The number of nitrogens with one attached hydrogen (secondary N) is 1. The van der Waals surface area contributed by atoms with E-state index in [9.17, 15) is 19.7 Å². The molecule has 1 aromatic heterocycles. The molecule has 29 heavy (non-hydrogen) atoms. The summed E-state index contributed by atoms with van der Waals surface area (Å²) in [5.74, 6) is 0.177. The van der Waals surface area contributed by atoms with Crippen molar-refractivity contribution < 1.29 is 19.2 Å². The molecule has 3 rings (SSSR count). The van der Waals surface area contributed by atoms with E-state index >= 15 is 0 Å². The van der Waals surface area contributed by atoms with E-state index in [0.29, 0.717) is 23.7 Å². The summed E-state index contributed by atoms with van der Waals surface area (Å²) >= 11 is 0. The monoisotopic (exact) mass is 401 g/mol. The highest BCUT2D eigenvalue weighted by atomic mass is 16.6. The SMILES string of the molecule is CCCOc1c[nH]c(CN2C(=O)C(C(C)C)Oc3ccc([N+](=O)[O-])cc32)cc1=O. The van der Waals surface area contributed by atoms with Crippen LogP contribution in [-0.2, 0) is 11.3 Å². The smallest absolute Gasteiger partial charge is 0.271 e. The molecule has 9 nitrogen and oxygen atoms in total. The van der Waals surface area contributed by atoms with Gasteiger partial charge in [-0.1, -0.05) is 20.8 Å². The Hall–Kier alpha value is -3.36. The first-order valence-corrected chi connectivity index (χ1v) is 9.42. The van der Waals surface area contributed by atoms with Crippen LogP contribution in [0.4, 0.5) is 11.4 Å². The number of aromatic amines is 1. The van der Waals surface area contributed by atoms with E-state index in [-0.39, 0.29) is 35.2 Å². The number of carbonyl (C=O) groups is 1.